The zero-order valence-corrected chi connectivity index (χ0v) is 12.2. The fraction of sp³-hybridized carbons (Fsp3) is 0.200. The summed E-state index contributed by atoms with van der Waals surface area (Å²) < 4.78 is 1.71. The Balaban J connectivity index is 1.90. The number of rotatable bonds is 3. The molecular formula is C15H14N6O. The van der Waals surface area contributed by atoms with E-state index < -0.39 is 0 Å². The fourth-order valence-electron chi connectivity index (χ4n) is 2.25. The van der Waals surface area contributed by atoms with E-state index in [0.717, 1.165) is 5.69 Å². The lowest BCUT2D eigenvalue weighted by molar-refractivity contribution is 0.101. The number of carbonyl (C=O) groups excluding carboxylic acids is 1. The molecule has 0 fully saturated rings. The summed E-state index contributed by atoms with van der Waals surface area (Å²) in [7, 11) is 0. The van der Waals surface area contributed by atoms with Crippen LogP contribution in [0.15, 0.2) is 24.3 Å². The van der Waals surface area contributed by atoms with Crippen LogP contribution in [0.5, 0.6) is 0 Å². The number of benzene rings is 1. The molecule has 7 heteroatoms. The van der Waals surface area contributed by atoms with Crippen LogP contribution < -0.4 is 5.32 Å². The minimum absolute atomic E-state index is 0.201. The molecule has 0 saturated carbocycles. The molecule has 1 amide bonds. The van der Waals surface area contributed by atoms with Crippen molar-refractivity contribution in [1.82, 2.24) is 19.7 Å². The lowest BCUT2D eigenvalue weighted by atomic mass is 10.2. The van der Waals surface area contributed by atoms with Gasteiger partial charge in [-0.15, -0.1) is 0 Å². The molecule has 0 radical (unpaired) electrons. The number of H-pyrrole nitrogens is 1. The number of imidazole rings is 1. The molecule has 2 heterocycles. The maximum Gasteiger partial charge on any atom is 0.292 e. The zero-order valence-electron chi connectivity index (χ0n) is 12.2. The molecule has 3 aromatic rings. The number of amides is 1. The second kappa shape index (κ2) is 5.33. The summed E-state index contributed by atoms with van der Waals surface area (Å²) in [6.45, 7) is 4.48. The highest BCUT2D eigenvalue weighted by atomic mass is 16.2. The highest BCUT2D eigenvalue weighted by Gasteiger charge is 2.14. The maximum atomic E-state index is 12.3. The van der Waals surface area contributed by atoms with Crippen molar-refractivity contribution in [2.45, 2.75) is 20.4 Å². The van der Waals surface area contributed by atoms with Crippen LogP contribution in [0, 0.1) is 18.3 Å². The van der Waals surface area contributed by atoms with Gasteiger partial charge in [0.05, 0.1) is 28.4 Å². The number of hydrogen-bond donors (Lipinski definition) is 2. The second-order valence-corrected chi connectivity index (χ2v) is 4.87. The Morgan fingerprint density at radius 3 is 3.00 bits per heavy atom. The van der Waals surface area contributed by atoms with Gasteiger partial charge in [-0.1, -0.05) is 0 Å². The van der Waals surface area contributed by atoms with Gasteiger partial charge in [0.1, 0.15) is 5.82 Å². The van der Waals surface area contributed by atoms with Crippen LogP contribution in [-0.4, -0.2) is 25.7 Å². The molecular weight excluding hydrogens is 280 g/mol. The summed E-state index contributed by atoms with van der Waals surface area (Å²) >= 11 is 0. The van der Waals surface area contributed by atoms with E-state index in [9.17, 15) is 4.79 Å². The Kier molecular flexibility index (Phi) is 3.35. The summed E-state index contributed by atoms with van der Waals surface area (Å²) in [4.78, 5) is 19.5. The number of fused-ring (bicyclic) bond motifs is 1. The van der Waals surface area contributed by atoms with Gasteiger partial charge in [0.15, 0.2) is 5.82 Å². The Morgan fingerprint density at radius 2 is 2.27 bits per heavy atom. The zero-order chi connectivity index (χ0) is 15.7. The van der Waals surface area contributed by atoms with E-state index in [1.54, 1.807) is 28.9 Å². The first-order valence-electron chi connectivity index (χ1n) is 6.86. The normalized spacial score (nSPS) is 10.6. The molecule has 0 spiro atoms. The third kappa shape index (κ3) is 2.42. The van der Waals surface area contributed by atoms with Gasteiger partial charge in [-0.2, -0.15) is 10.4 Å². The topological polar surface area (TPSA) is 99.4 Å². The predicted octanol–water partition coefficient (Wildman–Crippen LogP) is 2.21. The van der Waals surface area contributed by atoms with E-state index in [0.29, 0.717) is 29.0 Å². The van der Waals surface area contributed by atoms with Gasteiger partial charge in [0, 0.05) is 12.6 Å². The molecule has 2 aromatic heterocycles. The number of hydrogen-bond acceptors (Lipinski definition) is 4. The Bertz CT molecular complexity index is 899. The summed E-state index contributed by atoms with van der Waals surface area (Å²) in [6.07, 6.45) is 0. The summed E-state index contributed by atoms with van der Waals surface area (Å²) in [5.41, 5.74) is 2.64. The lowest BCUT2D eigenvalue weighted by Gasteiger charge is -2.04. The van der Waals surface area contributed by atoms with Crippen LogP contribution in [0.4, 0.5) is 5.82 Å². The molecule has 0 atom stereocenters. The monoisotopic (exact) mass is 294 g/mol. The fourth-order valence-corrected chi connectivity index (χ4v) is 2.25. The van der Waals surface area contributed by atoms with Gasteiger partial charge in [-0.3, -0.25) is 4.79 Å². The van der Waals surface area contributed by atoms with Crippen molar-refractivity contribution >= 4 is 22.8 Å². The lowest BCUT2D eigenvalue weighted by Crippen LogP contribution is -2.16. The van der Waals surface area contributed by atoms with E-state index in [2.05, 4.69) is 20.4 Å². The number of aryl methyl sites for hydroxylation is 2. The molecule has 22 heavy (non-hydrogen) atoms. The van der Waals surface area contributed by atoms with Gasteiger partial charge in [-0.25, -0.2) is 9.67 Å². The number of aromatic amines is 1. The van der Waals surface area contributed by atoms with Crippen molar-refractivity contribution in [2.75, 3.05) is 5.32 Å². The molecule has 0 saturated heterocycles. The molecule has 0 aliphatic carbocycles. The molecule has 3 rings (SSSR count). The van der Waals surface area contributed by atoms with Gasteiger partial charge in [0.2, 0.25) is 0 Å². The van der Waals surface area contributed by atoms with Crippen LogP contribution in [0.2, 0.25) is 0 Å². The molecule has 2 N–H and O–H groups in total. The van der Waals surface area contributed by atoms with Crippen LogP contribution in [0.25, 0.3) is 11.0 Å². The molecule has 0 aliphatic rings. The van der Waals surface area contributed by atoms with E-state index in [-0.39, 0.29) is 11.7 Å². The quantitative estimate of drug-likeness (QED) is 0.773. The number of anilines is 1. The average molecular weight is 294 g/mol. The molecule has 7 nitrogen and oxygen atoms in total. The SMILES string of the molecule is CCn1nc(C)cc1NC(=O)c1nc2cc(C#N)ccc2[nH]1. The first-order chi connectivity index (χ1) is 10.6. The molecule has 110 valence electrons. The minimum Gasteiger partial charge on any atom is -0.334 e. The van der Waals surface area contributed by atoms with E-state index in [1.807, 2.05) is 19.9 Å². The first-order valence-corrected chi connectivity index (χ1v) is 6.86. The summed E-state index contributed by atoms with van der Waals surface area (Å²) in [5, 5.41) is 16.0. The second-order valence-electron chi connectivity index (χ2n) is 4.87. The highest BCUT2D eigenvalue weighted by molar-refractivity contribution is 6.03. The van der Waals surface area contributed by atoms with Crippen LogP contribution >= 0.6 is 0 Å². The van der Waals surface area contributed by atoms with Crippen molar-refractivity contribution in [1.29, 1.82) is 5.26 Å². The third-order valence-electron chi connectivity index (χ3n) is 3.27. The smallest absolute Gasteiger partial charge is 0.292 e. The Hall–Kier alpha value is -3.14. The van der Waals surface area contributed by atoms with Gasteiger partial charge in [0.25, 0.3) is 5.91 Å². The van der Waals surface area contributed by atoms with E-state index in [1.165, 1.54) is 0 Å². The maximum absolute atomic E-state index is 12.3. The van der Waals surface area contributed by atoms with Crippen molar-refractivity contribution in [2.24, 2.45) is 0 Å². The van der Waals surface area contributed by atoms with Gasteiger partial charge in [-0.05, 0) is 32.0 Å². The Morgan fingerprint density at radius 1 is 1.45 bits per heavy atom. The van der Waals surface area contributed by atoms with Gasteiger partial charge < -0.3 is 10.3 Å². The van der Waals surface area contributed by atoms with Crippen molar-refractivity contribution in [3.05, 3.63) is 41.3 Å². The molecule has 1 aromatic carbocycles. The summed E-state index contributed by atoms with van der Waals surface area (Å²) in [5.74, 6) is 0.485. The average Bonchev–Trinajstić information content (AvgIpc) is 3.09. The number of aromatic nitrogens is 4. The first kappa shape index (κ1) is 13.8. The number of nitrogens with one attached hydrogen (secondary N) is 2. The van der Waals surface area contributed by atoms with Gasteiger partial charge >= 0.3 is 0 Å². The molecule has 0 unspecified atom stereocenters. The highest BCUT2D eigenvalue weighted by Crippen LogP contribution is 2.15. The summed E-state index contributed by atoms with van der Waals surface area (Å²) in [6, 6.07) is 8.91. The standard InChI is InChI=1S/C15H14N6O/c1-3-21-13(6-9(2)20-21)19-15(22)14-17-11-5-4-10(8-16)7-12(11)18-14/h4-7H,3H2,1-2H3,(H,17,18)(H,19,22). The van der Waals surface area contributed by atoms with Crippen molar-refractivity contribution in [3.63, 3.8) is 0 Å². The predicted molar refractivity (Wildman–Crippen MR) is 81.4 cm³/mol. The number of carbonyl (C=O) groups is 1. The van der Waals surface area contributed by atoms with E-state index in [4.69, 9.17) is 5.26 Å². The molecule has 0 aliphatic heterocycles. The van der Waals surface area contributed by atoms with Crippen molar-refractivity contribution < 1.29 is 4.79 Å². The van der Waals surface area contributed by atoms with E-state index >= 15 is 0 Å². The van der Waals surface area contributed by atoms with Crippen LogP contribution in [0.1, 0.15) is 28.8 Å². The largest absolute Gasteiger partial charge is 0.334 e. The van der Waals surface area contributed by atoms with Crippen molar-refractivity contribution in [3.8, 4) is 6.07 Å². The van der Waals surface area contributed by atoms with Crippen LogP contribution in [-0.2, 0) is 6.54 Å². The van der Waals surface area contributed by atoms with Crippen LogP contribution in [0.3, 0.4) is 0 Å². The molecule has 0 bridgehead atoms. The third-order valence-corrected chi connectivity index (χ3v) is 3.27. The Labute approximate surface area is 126 Å². The minimum atomic E-state index is -0.343. The number of nitrogens with zero attached hydrogens (tertiary/aromatic N) is 4. The number of nitriles is 1.